The topological polar surface area (TPSA) is 79.9 Å². The van der Waals surface area contributed by atoms with Gasteiger partial charge in [0.1, 0.15) is 17.6 Å². The minimum absolute atomic E-state index is 0.00467. The van der Waals surface area contributed by atoms with Crippen LogP contribution in [0.5, 0.6) is 5.75 Å². The van der Waals surface area contributed by atoms with Crippen molar-refractivity contribution in [3.05, 3.63) is 41.0 Å². The molecule has 0 bridgehead atoms. The molecule has 1 N–H and O–H groups in total. The lowest BCUT2D eigenvalue weighted by atomic mass is 9.83. The average molecular weight is 473 g/mol. The summed E-state index contributed by atoms with van der Waals surface area (Å²) in [6.45, 7) is 7.55. The van der Waals surface area contributed by atoms with Gasteiger partial charge in [-0.2, -0.15) is 14.0 Å². The van der Waals surface area contributed by atoms with E-state index >= 15 is 0 Å². The number of ether oxygens (including phenoxy) is 1. The summed E-state index contributed by atoms with van der Waals surface area (Å²) in [6, 6.07) is 7.07. The molecule has 0 radical (unpaired) electrons. The molecule has 184 valence electrons. The molecule has 0 spiro atoms. The number of nitrogens with one attached hydrogen (secondary N) is 1. The highest BCUT2D eigenvalue weighted by Crippen LogP contribution is 2.32. The van der Waals surface area contributed by atoms with Gasteiger partial charge in [-0.3, -0.25) is 9.36 Å². The van der Waals surface area contributed by atoms with Crippen molar-refractivity contribution in [3.8, 4) is 17.5 Å². The molecule has 3 rings (SSSR count). The van der Waals surface area contributed by atoms with Crippen LogP contribution in [0.4, 0.5) is 8.78 Å². The van der Waals surface area contributed by atoms with Crippen LogP contribution in [0.2, 0.25) is 0 Å². The molecule has 0 saturated heterocycles. The van der Waals surface area contributed by atoms with E-state index in [1.807, 2.05) is 12.1 Å². The van der Waals surface area contributed by atoms with Crippen LogP contribution >= 0.6 is 0 Å². The van der Waals surface area contributed by atoms with Crippen LogP contribution in [0.25, 0.3) is 5.69 Å². The fourth-order valence-corrected chi connectivity index (χ4v) is 4.60. The second-order valence-electron chi connectivity index (χ2n) is 10.6. The average Bonchev–Trinajstić information content (AvgIpc) is 3.08. The van der Waals surface area contributed by atoms with Crippen molar-refractivity contribution in [1.29, 1.82) is 5.26 Å². The maximum absolute atomic E-state index is 13.2. The Morgan fingerprint density at radius 1 is 1.29 bits per heavy atom. The molecule has 1 fully saturated rings. The highest BCUT2D eigenvalue weighted by atomic mass is 19.3. The molecule has 1 aliphatic carbocycles. The fourth-order valence-electron chi connectivity index (χ4n) is 4.60. The van der Waals surface area contributed by atoms with Crippen LogP contribution in [0.1, 0.15) is 80.9 Å². The molecule has 6 nitrogen and oxygen atoms in total. The summed E-state index contributed by atoms with van der Waals surface area (Å²) in [5.74, 6) is 0.982. The monoisotopic (exact) mass is 472 g/mol. The summed E-state index contributed by atoms with van der Waals surface area (Å²) in [6.07, 6.45) is 5.09. The van der Waals surface area contributed by atoms with Crippen molar-refractivity contribution in [1.82, 2.24) is 14.9 Å². The number of aromatic nitrogens is 2. The summed E-state index contributed by atoms with van der Waals surface area (Å²) >= 11 is 0. The Morgan fingerprint density at radius 2 is 1.97 bits per heavy atom. The Kier molecular flexibility index (Phi) is 7.96. The van der Waals surface area contributed by atoms with Gasteiger partial charge in [-0.15, -0.1) is 0 Å². The number of benzene rings is 1. The third-order valence-corrected chi connectivity index (χ3v) is 6.27. The van der Waals surface area contributed by atoms with Gasteiger partial charge in [0.05, 0.1) is 5.69 Å². The number of alkyl halides is 2. The number of amides is 1. The SMILES string of the molecule is Cc1nc(C(=O)NCC2CCC(C)CC2)c(C#N)n1-c1ccc(CC(C)(C)C)cc1OC(F)F. The summed E-state index contributed by atoms with van der Waals surface area (Å²) in [5.41, 5.74) is 1.03. The van der Waals surface area contributed by atoms with Gasteiger partial charge in [0, 0.05) is 6.54 Å². The van der Waals surface area contributed by atoms with Crippen molar-refractivity contribution in [2.45, 2.75) is 73.3 Å². The second-order valence-corrected chi connectivity index (χ2v) is 10.6. The van der Waals surface area contributed by atoms with E-state index in [1.54, 1.807) is 19.1 Å². The van der Waals surface area contributed by atoms with E-state index in [4.69, 9.17) is 4.74 Å². The van der Waals surface area contributed by atoms with E-state index in [-0.39, 0.29) is 28.2 Å². The largest absolute Gasteiger partial charge is 0.433 e. The molecule has 1 aliphatic rings. The van der Waals surface area contributed by atoms with Gasteiger partial charge >= 0.3 is 6.61 Å². The molecule has 34 heavy (non-hydrogen) atoms. The number of nitrogens with zero attached hydrogens (tertiary/aromatic N) is 3. The van der Waals surface area contributed by atoms with Crippen molar-refractivity contribution in [2.24, 2.45) is 17.3 Å². The fraction of sp³-hybridized carbons (Fsp3) is 0.577. The van der Waals surface area contributed by atoms with E-state index in [0.29, 0.717) is 24.7 Å². The highest BCUT2D eigenvalue weighted by Gasteiger charge is 2.26. The van der Waals surface area contributed by atoms with Crippen LogP contribution < -0.4 is 10.1 Å². The maximum atomic E-state index is 13.2. The highest BCUT2D eigenvalue weighted by molar-refractivity contribution is 5.94. The van der Waals surface area contributed by atoms with Gasteiger partial charge in [-0.1, -0.05) is 46.6 Å². The number of halogens is 2. The van der Waals surface area contributed by atoms with Crippen molar-refractivity contribution < 1.29 is 18.3 Å². The molecule has 1 aromatic carbocycles. The van der Waals surface area contributed by atoms with Crippen LogP contribution in [-0.4, -0.2) is 28.6 Å². The van der Waals surface area contributed by atoms with E-state index in [2.05, 4.69) is 38.0 Å². The Hall–Kier alpha value is -2.95. The van der Waals surface area contributed by atoms with Gasteiger partial charge in [-0.05, 0) is 61.1 Å². The first-order chi connectivity index (χ1) is 16.0. The molecule has 0 atom stereocenters. The standard InChI is InChI=1S/C26H34F2N4O2/c1-16-6-8-18(9-7-16)15-30-24(33)23-21(14-29)32(17(2)31-23)20-11-10-19(13-26(3,4)5)12-22(20)34-25(27)28/h10-12,16,18,25H,6-9,13,15H2,1-5H3,(H,30,33). The van der Waals surface area contributed by atoms with Crippen LogP contribution in [-0.2, 0) is 6.42 Å². The molecule has 0 aliphatic heterocycles. The summed E-state index contributed by atoms with van der Waals surface area (Å²) in [7, 11) is 0. The smallest absolute Gasteiger partial charge is 0.387 e. The molecular weight excluding hydrogens is 438 g/mol. The zero-order valence-electron chi connectivity index (χ0n) is 20.6. The van der Waals surface area contributed by atoms with Gasteiger partial charge in [0.2, 0.25) is 0 Å². The van der Waals surface area contributed by atoms with Crippen LogP contribution in [0.3, 0.4) is 0 Å². The van der Waals surface area contributed by atoms with E-state index in [9.17, 15) is 18.8 Å². The number of carbonyl (C=O) groups is 1. The number of carbonyl (C=O) groups excluding carboxylic acids is 1. The summed E-state index contributed by atoms with van der Waals surface area (Å²) < 4.78 is 32.7. The van der Waals surface area contributed by atoms with Crippen molar-refractivity contribution in [2.75, 3.05) is 6.54 Å². The van der Waals surface area contributed by atoms with Crippen LogP contribution in [0.15, 0.2) is 18.2 Å². The lowest BCUT2D eigenvalue weighted by Gasteiger charge is -2.26. The first-order valence-electron chi connectivity index (χ1n) is 11.8. The molecule has 1 saturated carbocycles. The number of imidazole rings is 1. The van der Waals surface area contributed by atoms with Crippen molar-refractivity contribution in [3.63, 3.8) is 0 Å². The predicted molar refractivity (Wildman–Crippen MR) is 126 cm³/mol. The molecule has 1 aromatic heterocycles. The summed E-state index contributed by atoms with van der Waals surface area (Å²) in [5, 5.41) is 12.8. The van der Waals surface area contributed by atoms with Crippen molar-refractivity contribution >= 4 is 5.91 Å². The Labute approximate surface area is 200 Å². The number of hydrogen-bond donors (Lipinski definition) is 1. The maximum Gasteiger partial charge on any atom is 0.387 e. The minimum atomic E-state index is -3.03. The zero-order chi connectivity index (χ0) is 25.0. The van der Waals surface area contributed by atoms with Crippen LogP contribution in [0, 0.1) is 35.5 Å². The molecular formula is C26H34F2N4O2. The Bertz CT molecular complexity index is 1060. The third kappa shape index (κ3) is 6.34. The molecule has 0 unspecified atom stereocenters. The van der Waals surface area contributed by atoms with E-state index < -0.39 is 12.5 Å². The van der Waals surface area contributed by atoms with Gasteiger partial charge in [0.25, 0.3) is 5.91 Å². The number of hydrogen-bond acceptors (Lipinski definition) is 4. The molecule has 1 amide bonds. The van der Waals surface area contributed by atoms with Gasteiger partial charge < -0.3 is 10.1 Å². The minimum Gasteiger partial charge on any atom is -0.433 e. The van der Waals surface area contributed by atoms with E-state index in [0.717, 1.165) is 37.2 Å². The first-order valence-corrected chi connectivity index (χ1v) is 11.8. The van der Waals surface area contributed by atoms with Gasteiger partial charge in [0.15, 0.2) is 11.4 Å². The third-order valence-electron chi connectivity index (χ3n) is 6.27. The first kappa shape index (κ1) is 25.7. The lowest BCUT2D eigenvalue weighted by molar-refractivity contribution is -0.0499. The molecule has 2 aromatic rings. The zero-order valence-corrected chi connectivity index (χ0v) is 20.6. The Morgan fingerprint density at radius 3 is 2.56 bits per heavy atom. The number of rotatable bonds is 7. The summed E-state index contributed by atoms with van der Waals surface area (Å²) in [4.78, 5) is 17.2. The van der Waals surface area contributed by atoms with E-state index in [1.165, 1.54) is 4.57 Å². The molecule has 8 heteroatoms. The quantitative estimate of drug-likeness (QED) is 0.552. The number of nitriles is 1. The number of aryl methyl sites for hydroxylation is 1. The normalized spacial score (nSPS) is 18.6. The molecule has 1 heterocycles. The lowest BCUT2D eigenvalue weighted by Crippen LogP contribution is -2.31. The van der Waals surface area contributed by atoms with Gasteiger partial charge in [-0.25, -0.2) is 4.98 Å². The predicted octanol–water partition coefficient (Wildman–Crippen LogP) is 5.80. The Balaban J connectivity index is 1.91. The second kappa shape index (κ2) is 10.5.